The van der Waals surface area contributed by atoms with Crippen molar-refractivity contribution >= 4 is 27.7 Å². The fourth-order valence-corrected chi connectivity index (χ4v) is 2.15. The summed E-state index contributed by atoms with van der Waals surface area (Å²) >= 11 is 3.37. The van der Waals surface area contributed by atoms with Crippen LogP contribution in [0.25, 0.3) is 0 Å². The fourth-order valence-electron chi connectivity index (χ4n) is 1.86. The number of aromatic nitrogens is 2. The van der Waals surface area contributed by atoms with Gasteiger partial charge in [0, 0.05) is 19.4 Å². The number of rotatable bonds is 4. The minimum atomic E-state index is -0.402. The Kier molecular flexibility index (Phi) is 4.33. The van der Waals surface area contributed by atoms with E-state index in [0.29, 0.717) is 25.0 Å². The molecule has 0 amide bonds. The van der Waals surface area contributed by atoms with Gasteiger partial charge in [-0.15, -0.1) is 0 Å². The van der Waals surface area contributed by atoms with E-state index in [0.717, 1.165) is 17.3 Å². The molecule has 7 nitrogen and oxygen atoms in total. The number of anilines is 2. The highest BCUT2D eigenvalue weighted by atomic mass is 79.9. The van der Waals surface area contributed by atoms with Crippen molar-refractivity contribution < 1.29 is 9.84 Å². The molecule has 0 unspecified atom stereocenters. The van der Waals surface area contributed by atoms with Crippen LogP contribution in [0.2, 0.25) is 0 Å². The molecule has 0 spiro atoms. The number of nitrogens with one attached hydrogen (secondary N) is 2. The average molecular weight is 318 g/mol. The zero-order chi connectivity index (χ0) is 13.0. The van der Waals surface area contributed by atoms with Crippen molar-refractivity contribution in [1.29, 1.82) is 0 Å². The number of nitrogens with two attached hydrogens (primary N) is 1. The SMILES string of the molecule is NNc1ncc(Br)c(NC2(CO)CCOCC2)n1. The lowest BCUT2D eigenvalue weighted by Crippen LogP contribution is -2.47. The van der Waals surface area contributed by atoms with Crippen molar-refractivity contribution in [3.8, 4) is 0 Å². The normalized spacial score (nSPS) is 18.4. The third kappa shape index (κ3) is 2.89. The summed E-state index contributed by atoms with van der Waals surface area (Å²) in [6, 6.07) is 0. The van der Waals surface area contributed by atoms with Crippen LogP contribution in [0.3, 0.4) is 0 Å². The second kappa shape index (κ2) is 5.79. The van der Waals surface area contributed by atoms with Crippen molar-refractivity contribution in [2.75, 3.05) is 30.6 Å². The molecule has 1 aromatic rings. The maximum Gasteiger partial charge on any atom is 0.239 e. The zero-order valence-corrected chi connectivity index (χ0v) is 11.4. The summed E-state index contributed by atoms with van der Waals surface area (Å²) in [5, 5.41) is 12.9. The molecule has 0 aliphatic carbocycles. The van der Waals surface area contributed by atoms with E-state index in [9.17, 15) is 5.11 Å². The molecule has 2 rings (SSSR count). The second-order valence-electron chi connectivity index (χ2n) is 4.21. The van der Waals surface area contributed by atoms with Crippen LogP contribution in [0.4, 0.5) is 11.8 Å². The Morgan fingerprint density at radius 1 is 1.50 bits per heavy atom. The van der Waals surface area contributed by atoms with Crippen LogP contribution in [0, 0.1) is 0 Å². The fraction of sp³-hybridized carbons (Fsp3) is 0.600. The lowest BCUT2D eigenvalue weighted by molar-refractivity contribution is 0.0378. The lowest BCUT2D eigenvalue weighted by Gasteiger charge is -2.37. The minimum absolute atomic E-state index is 0.0260. The molecule has 18 heavy (non-hydrogen) atoms. The van der Waals surface area contributed by atoms with E-state index >= 15 is 0 Å². The number of aliphatic hydroxyl groups is 1. The summed E-state index contributed by atoms with van der Waals surface area (Å²) in [5.41, 5.74) is 1.99. The number of hydrazine groups is 1. The summed E-state index contributed by atoms with van der Waals surface area (Å²) in [6.07, 6.45) is 3.06. The molecule has 1 fully saturated rings. The molecule has 100 valence electrons. The van der Waals surface area contributed by atoms with E-state index < -0.39 is 5.54 Å². The molecule has 8 heteroatoms. The van der Waals surface area contributed by atoms with Crippen molar-refractivity contribution in [2.45, 2.75) is 18.4 Å². The van der Waals surface area contributed by atoms with E-state index in [1.165, 1.54) is 0 Å². The van der Waals surface area contributed by atoms with Gasteiger partial charge < -0.3 is 15.2 Å². The lowest BCUT2D eigenvalue weighted by atomic mass is 9.91. The quantitative estimate of drug-likeness (QED) is 0.473. The maximum atomic E-state index is 9.60. The zero-order valence-electron chi connectivity index (χ0n) is 9.82. The molecule has 0 atom stereocenters. The minimum Gasteiger partial charge on any atom is -0.394 e. The summed E-state index contributed by atoms with van der Waals surface area (Å²) in [5.74, 6) is 6.21. The summed E-state index contributed by atoms with van der Waals surface area (Å²) in [6.45, 7) is 1.27. The van der Waals surface area contributed by atoms with Crippen LogP contribution in [-0.4, -0.2) is 40.4 Å². The summed E-state index contributed by atoms with van der Waals surface area (Å²) in [4.78, 5) is 8.20. The largest absolute Gasteiger partial charge is 0.394 e. The molecule has 0 aromatic carbocycles. The van der Waals surface area contributed by atoms with Gasteiger partial charge in [-0.2, -0.15) is 4.98 Å². The standard InChI is InChI=1S/C10H16BrN5O2/c11-7-5-13-9(16-12)14-8(7)15-10(6-17)1-3-18-4-2-10/h5,17H,1-4,6,12H2,(H2,13,14,15,16). The maximum absolute atomic E-state index is 9.60. The van der Waals surface area contributed by atoms with Crippen molar-refractivity contribution in [2.24, 2.45) is 5.84 Å². The number of hydrogen-bond acceptors (Lipinski definition) is 7. The Morgan fingerprint density at radius 2 is 2.22 bits per heavy atom. The van der Waals surface area contributed by atoms with E-state index in [1.54, 1.807) is 6.20 Å². The van der Waals surface area contributed by atoms with Crippen LogP contribution in [-0.2, 0) is 4.74 Å². The Bertz CT molecular complexity index is 411. The molecular weight excluding hydrogens is 302 g/mol. The van der Waals surface area contributed by atoms with Crippen LogP contribution in [0.5, 0.6) is 0 Å². The first kappa shape index (κ1) is 13.5. The van der Waals surface area contributed by atoms with E-state index in [2.05, 4.69) is 36.6 Å². The van der Waals surface area contributed by atoms with Crippen molar-refractivity contribution in [3.05, 3.63) is 10.7 Å². The van der Waals surface area contributed by atoms with Gasteiger partial charge in [0.15, 0.2) is 0 Å². The highest BCUT2D eigenvalue weighted by molar-refractivity contribution is 9.10. The van der Waals surface area contributed by atoms with Gasteiger partial charge in [0.1, 0.15) is 5.82 Å². The van der Waals surface area contributed by atoms with Crippen LogP contribution >= 0.6 is 15.9 Å². The number of aliphatic hydroxyl groups excluding tert-OH is 1. The highest BCUT2D eigenvalue weighted by Crippen LogP contribution is 2.28. The van der Waals surface area contributed by atoms with Gasteiger partial charge in [0.25, 0.3) is 0 Å². The van der Waals surface area contributed by atoms with Gasteiger partial charge in [0.2, 0.25) is 5.95 Å². The molecule has 1 aliphatic rings. The summed E-state index contributed by atoms with van der Waals surface area (Å²) < 4.78 is 6.03. The Hall–Kier alpha value is -0.960. The number of nitrogens with zero attached hydrogens (tertiary/aromatic N) is 2. The molecule has 1 aromatic heterocycles. The third-order valence-electron chi connectivity index (χ3n) is 3.01. The van der Waals surface area contributed by atoms with E-state index in [1.807, 2.05) is 0 Å². The average Bonchev–Trinajstić information content (AvgIpc) is 2.42. The number of halogens is 1. The van der Waals surface area contributed by atoms with Gasteiger partial charge in [0.05, 0.1) is 16.6 Å². The monoisotopic (exact) mass is 317 g/mol. The third-order valence-corrected chi connectivity index (χ3v) is 3.59. The molecule has 2 heterocycles. The van der Waals surface area contributed by atoms with Crippen molar-refractivity contribution in [3.63, 3.8) is 0 Å². The number of nitrogen functional groups attached to an aromatic ring is 1. The first-order valence-corrected chi connectivity index (χ1v) is 6.44. The van der Waals surface area contributed by atoms with Crippen LogP contribution < -0.4 is 16.6 Å². The Balaban J connectivity index is 2.20. The molecule has 1 aliphatic heterocycles. The molecule has 5 N–H and O–H groups in total. The van der Waals surface area contributed by atoms with E-state index in [-0.39, 0.29) is 6.61 Å². The van der Waals surface area contributed by atoms with E-state index in [4.69, 9.17) is 10.6 Å². The van der Waals surface area contributed by atoms with Gasteiger partial charge in [-0.25, -0.2) is 10.8 Å². The van der Waals surface area contributed by atoms with Gasteiger partial charge in [-0.05, 0) is 28.8 Å². The van der Waals surface area contributed by atoms with Gasteiger partial charge in [-0.3, -0.25) is 5.43 Å². The predicted octanol–water partition coefficient (Wildman–Crippen LogP) is 0.478. The first-order valence-electron chi connectivity index (χ1n) is 5.65. The highest BCUT2D eigenvalue weighted by Gasteiger charge is 2.32. The second-order valence-corrected chi connectivity index (χ2v) is 5.06. The number of ether oxygens (including phenoxy) is 1. The predicted molar refractivity (Wildman–Crippen MR) is 71.0 cm³/mol. The topological polar surface area (TPSA) is 105 Å². The van der Waals surface area contributed by atoms with Gasteiger partial charge >= 0.3 is 0 Å². The molecule has 0 bridgehead atoms. The Labute approximate surface area is 113 Å². The molecule has 0 radical (unpaired) electrons. The smallest absolute Gasteiger partial charge is 0.239 e. The van der Waals surface area contributed by atoms with Crippen LogP contribution in [0.1, 0.15) is 12.8 Å². The molecule has 1 saturated heterocycles. The molecular formula is C10H16BrN5O2. The summed E-state index contributed by atoms with van der Waals surface area (Å²) in [7, 11) is 0. The van der Waals surface area contributed by atoms with Crippen LogP contribution in [0.15, 0.2) is 10.7 Å². The van der Waals surface area contributed by atoms with Gasteiger partial charge in [-0.1, -0.05) is 0 Å². The first-order chi connectivity index (χ1) is 8.69. The molecule has 0 saturated carbocycles. The number of hydrogen-bond donors (Lipinski definition) is 4. The van der Waals surface area contributed by atoms with Crippen molar-refractivity contribution in [1.82, 2.24) is 9.97 Å². The Morgan fingerprint density at radius 3 is 2.83 bits per heavy atom.